The van der Waals surface area contributed by atoms with Crippen molar-refractivity contribution in [1.82, 2.24) is 15.0 Å². The zero-order chi connectivity index (χ0) is 31.6. The minimum atomic E-state index is -1.69. The third kappa shape index (κ3) is 7.58. The Balaban J connectivity index is 1.84. The molecule has 2 unspecified atom stereocenters. The zero-order valence-electron chi connectivity index (χ0n) is 22.4. The van der Waals surface area contributed by atoms with Crippen LogP contribution in [0.1, 0.15) is 26.8 Å². The molecule has 10 nitrogen and oxygen atoms in total. The maximum atomic E-state index is 14.9. The molecule has 17 heteroatoms. The van der Waals surface area contributed by atoms with Crippen LogP contribution in [0, 0.1) is 23.3 Å². The Labute approximate surface area is 255 Å². The summed E-state index contributed by atoms with van der Waals surface area (Å²) in [4.78, 5) is 36.0. The van der Waals surface area contributed by atoms with Gasteiger partial charge in [-0.2, -0.15) is 0 Å². The molecular weight excluding hydrogens is 645 g/mol. The first-order valence-electron chi connectivity index (χ1n) is 12.3. The summed E-state index contributed by atoms with van der Waals surface area (Å²) < 4.78 is 79.7. The van der Waals surface area contributed by atoms with Crippen LogP contribution in [-0.2, 0) is 33.3 Å². The van der Waals surface area contributed by atoms with Crippen LogP contribution >= 0.6 is 35.0 Å². The molecular formula is C26H21Cl2F4N3O7S. The monoisotopic (exact) mass is 665 g/mol. The fourth-order valence-corrected chi connectivity index (χ4v) is 5.79. The van der Waals surface area contributed by atoms with Gasteiger partial charge in [-0.1, -0.05) is 40.2 Å². The molecule has 2 aromatic carbocycles. The van der Waals surface area contributed by atoms with Crippen LogP contribution in [0.15, 0.2) is 35.4 Å². The Morgan fingerprint density at radius 2 is 1.51 bits per heavy atom. The van der Waals surface area contributed by atoms with Crippen LogP contribution in [0.25, 0.3) is 11.3 Å². The van der Waals surface area contributed by atoms with Crippen molar-refractivity contribution in [3.8, 4) is 11.3 Å². The molecule has 0 amide bonds. The highest BCUT2D eigenvalue weighted by atomic mass is 35.5. The lowest BCUT2D eigenvalue weighted by Gasteiger charge is -2.44. The summed E-state index contributed by atoms with van der Waals surface area (Å²) in [6.07, 6.45) is -2.82. The smallest absolute Gasteiger partial charge is 0.303 e. The van der Waals surface area contributed by atoms with Gasteiger partial charge in [-0.3, -0.25) is 14.4 Å². The van der Waals surface area contributed by atoms with Gasteiger partial charge in [0.2, 0.25) is 0 Å². The van der Waals surface area contributed by atoms with Crippen molar-refractivity contribution in [2.24, 2.45) is 0 Å². The summed E-state index contributed by atoms with van der Waals surface area (Å²) in [5.41, 5.74) is -1.60. The van der Waals surface area contributed by atoms with Gasteiger partial charge >= 0.3 is 17.9 Å². The van der Waals surface area contributed by atoms with Crippen molar-refractivity contribution < 1.29 is 50.9 Å². The number of ether oxygens (including phenoxy) is 4. The van der Waals surface area contributed by atoms with E-state index in [1.54, 1.807) is 0 Å². The summed E-state index contributed by atoms with van der Waals surface area (Å²) in [5, 5.41) is 7.83. The van der Waals surface area contributed by atoms with E-state index in [1.807, 2.05) is 0 Å². The van der Waals surface area contributed by atoms with E-state index >= 15 is 0 Å². The third-order valence-electron chi connectivity index (χ3n) is 5.99. The Hall–Kier alpha value is -3.40. The molecule has 0 radical (unpaired) electrons. The summed E-state index contributed by atoms with van der Waals surface area (Å²) in [6, 6.07) is 2.29. The van der Waals surface area contributed by atoms with Crippen molar-refractivity contribution in [2.75, 3.05) is 6.61 Å². The van der Waals surface area contributed by atoms with E-state index in [0.717, 1.165) is 43.3 Å². The molecule has 3 aromatic rings. The maximum absolute atomic E-state index is 14.9. The summed E-state index contributed by atoms with van der Waals surface area (Å²) >= 11 is 12.7. The molecule has 43 heavy (non-hydrogen) atoms. The Morgan fingerprint density at radius 1 is 0.907 bits per heavy atom. The highest BCUT2D eigenvalue weighted by Gasteiger charge is 2.52. The van der Waals surface area contributed by atoms with Crippen LogP contribution in [0.3, 0.4) is 0 Å². The number of rotatable bonds is 8. The van der Waals surface area contributed by atoms with Gasteiger partial charge in [-0.25, -0.2) is 22.2 Å². The van der Waals surface area contributed by atoms with Crippen LogP contribution in [0.4, 0.5) is 17.6 Å². The molecule has 5 atom stereocenters. The van der Waals surface area contributed by atoms with Gasteiger partial charge in [0.1, 0.15) is 35.7 Å². The number of hydrogen-bond acceptors (Lipinski definition) is 10. The molecule has 2 heterocycles. The van der Waals surface area contributed by atoms with E-state index in [2.05, 4.69) is 10.3 Å². The number of aromatic nitrogens is 3. The molecule has 0 saturated carbocycles. The van der Waals surface area contributed by atoms with Crippen LogP contribution < -0.4 is 0 Å². The van der Waals surface area contributed by atoms with Crippen molar-refractivity contribution in [3.63, 3.8) is 0 Å². The topological polar surface area (TPSA) is 119 Å². The molecule has 0 bridgehead atoms. The highest BCUT2D eigenvalue weighted by molar-refractivity contribution is 7.99. The number of thioether (sulfide) groups is 1. The SMILES string of the molecule is CC(=O)OCC1O[C@H](Sc2cc(Cl)c(Cl)cc2F)C(OC(C)=O)[C@@H](n2cc(-c3cc(F)c(F)c(F)c3)nn2)[C@H]1OC(C)=O. The van der Waals surface area contributed by atoms with Gasteiger partial charge in [0, 0.05) is 31.2 Å². The fourth-order valence-electron chi connectivity index (χ4n) is 4.26. The minimum absolute atomic E-state index is 0.0101. The second-order valence-corrected chi connectivity index (χ2v) is 11.1. The van der Waals surface area contributed by atoms with E-state index in [-0.39, 0.29) is 26.2 Å². The van der Waals surface area contributed by atoms with Crippen LogP contribution in [0.2, 0.25) is 10.0 Å². The third-order valence-corrected chi connectivity index (χ3v) is 7.89. The maximum Gasteiger partial charge on any atom is 0.303 e. The van der Waals surface area contributed by atoms with Crippen molar-refractivity contribution in [1.29, 1.82) is 0 Å². The molecule has 0 aliphatic carbocycles. The molecule has 1 aliphatic heterocycles. The summed E-state index contributed by atoms with van der Waals surface area (Å²) in [5.74, 6) is -7.76. The predicted octanol–water partition coefficient (Wildman–Crippen LogP) is 5.29. The number of esters is 3. The Bertz CT molecular complexity index is 1540. The number of nitrogens with zero attached hydrogens (tertiary/aromatic N) is 3. The first-order valence-corrected chi connectivity index (χ1v) is 13.9. The quantitative estimate of drug-likeness (QED) is 0.103. The van der Waals surface area contributed by atoms with Gasteiger partial charge in [-0.15, -0.1) is 5.10 Å². The first-order chi connectivity index (χ1) is 20.2. The highest BCUT2D eigenvalue weighted by Crippen LogP contribution is 2.43. The van der Waals surface area contributed by atoms with Crippen molar-refractivity contribution >= 4 is 52.9 Å². The molecule has 1 aromatic heterocycles. The molecule has 1 aliphatic rings. The van der Waals surface area contributed by atoms with Crippen LogP contribution in [0.5, 0.6) is 0 Å². The average molecular weight is 666 g/mol. The summed E-state index contributed by atoms with van der Waals surface area (Å²) in [6.45, 7) is 2.84. The largest absolute Gasteiger partial charge is 0.463 e. The predicted molar refractivity (Wildman–Crippen MR) is 143 cm³/mol. The van der Waals surface area contributed by atoms with Gasteiger partial charge in [0.25, 0.3) is 0 Å². The molecule has 230 valence electrons. The van der Waals surface area contributed by atoms with E-state index < -0.39 is 77.6 Å². The average Bonchev–Trinajstić information content (AvgIpc) is 3.40. The van der Waals surface area contributed by atoms with Gasteiger partial charge in [-0.05, 0) is 24.3 Å². The molecule has 4 rings (SSSR count). The number of carbonyl (C=O) groups is 3. The molecule has 1 fully saturated rings. The van der Waals surface area contributed by atoms with Crippen LogP contribution in [-0.4, -0.2) is 63.3 Å². The standard InChI is InChI=1S/C26H21Cl2F4N3O7S/c1-10(36)39-9-20-24(40-11(2)37)23(35-8-19(33-34-35)13-4-17(30)22(32)18(31)5-13)25(41-12(3)38)26(42-20)43-21-7-15(28)14(27)6-16(21)29/h4-8,20,23-26H,9H2,1-3H3/t20?,23-,24-,25?,26+/m0/s1. The van der Waals surface area contributed by atoms with E-state index in [0.29, 0.717) is 12.1 Å². The van der Waals surface area contributed by atoms with E-state index in [1.165, 1.54) is 12.3 Å². The summed E-state index contributed by atoms with van der Waals surface area (Å²) in [7, 11) is 0. The molecule has 0 spiro atoms. The lowest BCUT2D eigenvalue weighted by atomic mass is 9.96. The Morgan fingerprint density at radius 3 is 2.12 bits per heavy atom. The second kappa shape index (κ2) is 13.5. The second-order valence-electron chi connectivity index (χ2n) is 9.14. The normalized spacial score (nSPS) is 21.7. The number of halogens is 6. The first kappa shape index (κ1) is 32.5. The van der Waals surface area contributed by atoms with Gasteiger partial charge in [0.15, 0.2) is 29.7 Å². The van der Waals surface area contributed by atoms with Crippen molar-refractivity contribution in [2.45, 2.75) is 55.5 Å². The fraction of sp³-hybridized carbons (Fsp3) is 0.346. The van der Waals surface area contributed by atoms with Gasteiger partial charge in [0.05, 0.1) is 16.2 Å². The lowest BCUT2D eigenvalue weighted by molar-refractivity contribution is -0.212. The molecule has 0 N–H and O–H groups in total. The minimum Gasteiger partial charge on any atom is -0.463 e. The number of benzene rings is 2. The van der Waals surface area contributed by atoms with E-state index in [9.17, 15) is 31.9 Å². The molecule has 1 saturated heterocycles. The number of carbonyl (C=O) groups excluding carboxylic acids is 3. The number of hydrogen-bond donors (Lipinski definition) is 0. The zero-order valence-corrected chi connectivity index (χ0v) is 24.7. The Kier molecular flexibility index (Phi) is 10.2. The van der Waals surface area contributed by atoms with Gasteiger partial charge < -0.3 is 18.9 Å². The van der Waals surface area contributed by atoms with Crippen molar-refractivity contribution in [3.05, 3.63) is 63.8 Å². The lowest BCUT2D eigenvalue weighted by Crippen LogP contribution is -2.57. The van der Waals surface area contributed by atoms with E-state index in [4.69, 9.17) is 42.1 Å².